The van der Waals surface area contributed by atoms with Crippen LogP contribution >= 0.6 is 0 Å². The van der Waals surface area contributed by atoms with E-state index < -0.39 is 35.5 Å². The van der Waals surface area contributed by atoms with E-state index >= 15 is 0 Å². The fourth-order valence-corrected chi connectivity index (χ4v) is 2.19. The largest absolute Gasteiger partial charge is 0.464 e. The number of allylic oxidation sites excluding steroid dienone is 1. The summed E-state index contributed by atoms with van der Waals surface area (Å²) in [5.41, 5.74) is -0.743. The molecule has 1 saturated heterocycles. The van der Waals surface area contributed by atoms with Gasteiger partial charge in [-0.05, 0) is 40.5 Å². The number of likely N-dealkylation sites (tertiary alicyclic amines) is 1. The van der Waals surface area contributed by atoms with E-state index in [4.69, 9.17) is 9.47 Å². The van der Waals surface area contributed by atoms with Crippen LogP contribution in [0.1, 0.15) is 40.5 Å². The van der Waals surface area contributed by atoms with Crippen molar-refractivity contribution in [3.8, 4) is 0 Å². The molecule has 0 radical (unpaired) electrons. The van der Waals surface area contributed by atoms with E-state index in [1.165, 1.54) is 0 Å². The summed E-state index contributed by atoms with van der Waals surface area (Å²) in [5, 5.41) is 0. The third-order valence-corrected chi connectivity index (χ3v) is 3.01. The van der Waals surface area contributed by atoms with Crippen molar-refractivity contribution in [2.24, 2.45) is 5.92 Å². The summed E-state index contributed by atoms with van der Waals surface area (Å²) in [6, 6.07) is -0.919. The van der Waals surface area contributed by atoms with Gasteiger partial charge in [0.05, 0.1) is 6.61 Å². The molecule has 6 nitrogen and oxygen atoms in total. The summed E-state index contributed by atoms with van der Waals surface area (Å²) in [6.07, 6.45) is 1.44. The summed E-state index contributed by atoms with van der Waals surface area (Å²) in [4.78, 5) is 37.4. The number of amides is 2. The van der Waals surface area contributed by atoms with Crippen LogP contribution in [0, 0.1) is 5.92 Å². The monoisotopic (exact) mass is 297 g/mol. The van der Waals surface area contributed by atoms with Crippen LogP contribution in [-0.2, 0) is 19.1 Å². The van der Waals surface area contributed by atoms with Crippen LogP contribution in [0.15, 0.2) is 12.7 Å². The molecule has 1 heterocycles. The average molecular weight is 297 g/mol. The molecular weight excluding hydrogens is 274 g/mol. The van der Waals surface area contributed by atoms with Crippen molar-refractivity contribution in [2.75, 3.05) is 6.61 Å². The summed E-state index contributed by atoms with van der Waals surface area (Å²) >= 11 is 0. The molecule has 0 N–H and O–H groups in total. The van der Waals surface area contributed by atoms with Crippen molar-refractivity contribution in [1.82, 2.24) is 4.90 Å². The van der Waals surface area contributed by atoms with E-state index in [9.17, 15) is 14.4 Å². The van der Waals surface area contributed by atoms with Gasteiger partial charge in [0.25, 0.3) is 0 Å². The van der Waals surface area contributed by atoms with Gasteiger partial charge in [0, 0.05) is 5.92 Å². The van der Waals surface area contributed by atoms with E-state index in [-0.39, 0.29) is 13.0 Å². The summed E-state index contributed by atoms with van der Waals surface area (Å²) in [7, 11) is 0. The Bertz CT molecular complexity index is 438. The van der Waals surface area contributed by atoms with Crippen LogP contribution in [0.25, 0.3) is 0 Å². The highest BCUT2D eigenvalue weighted by molar-refractivity contribution is 6.00. The molecule has 1 rings (SSSR count). The first-order valence-electron chi connectivity index (χ1n) is 7.04. The average Bonchev–Trinajstić information content (AvgIpc) is 2.66. The minimum absolute atomic E-state index is 0.192. The van der Waals surface area contributed by atoms with Crippen molar-refractivity contribution in [1.29, 1.82) is 0 Å². The molecule has 21 heavy (non-hydrogen) atoms. The predicted octanol–water partition coefficient (Wildman–Crippen LogP) is 2.28. The number of carbonyl (C=O) groups is 3. The maximum absolute atomic E-state index is 12.3. The quantitative estimate of drug-likeness (QED) is 0.588. The maximum atomic E-state index is 12.3. The van der Waals surface area contributed by atoms with Crippen molar-refractivity contribution < 1.29 is 23.9 Å². The highest BCUT2D eigenvalue weighted by atomic mass is 16.6. The normalized spacial score (nSPS) is 22.1. The standard InChI is InChI=1S/C15H23NO5/c1-6-8-10-9-11(13(18)20-7-2)16(12(10)17)14(19)21-15(3,4)5/h6,10-11H,1,7-9H2,2-5H3/t10-,11-/m0/s1. The molecule has 0 unspecified atom stereocenters. The lowest BCUT2D eigenvalue weighted by Crippen LogP contribution is -2.46. The lowest BCUT2D eigenvalue weighted by atomic mass is 10.0. The van der Waals surface area contributed by atoms with Crippen LogP contribution < -0.4 is 0 Å². The van der Waals surface area contributed by atoms with Gasteiger partial charge < -0.3 is 9.47 Å². The number of hydrogen-bond donors (Lipinski definition) is 0. The Morgan fingerprint density at radius 1 is 1.43 bits per heavy atom. The van der Waals surface area contributed by atoms with Gasteiger partial charge in [-0.2, -0.15) is 0 Å². The van der Waals surface area contributed by atoms with Crippen molar-refractivity contribution >= 4 is 18.0 Å². The number of nitrogens with zero attached hydrogens (tertiary/aromatic N) is 1. The molecule has 2 atom stereocenters. The Kier molecular flexibility index (Phi) is 5.52. The predicted molar refractivity (Wildman–Crippen MR) is 76.4 cm³/mol. The van der Waals surface area contributed by atoms with Crippen LogP contribution in [0.5, 0.6) is 0 Å². The number of esters is 1. The molecule has 1 fully saturated rings. The molecule has 1 aliphatic heterocycles. The maximum Gasteiger partial charge on any atom is 0.417 e. The first-order valence-corrected chi connectivity index (χ1v) is 7.04. The molecule has 0 aromatic rings. The van der Waals surface area contributed by atoms with E-state index in [0.29, 0.717) is 6.42 Å². The first-order chi connectivity index (χ1) is 9.71. The van der Waals surface area contributed by atoms with Crippen LogP contribution in [-0.4, -0.2) is 41.1 Å². The molecule has 0 spiro atoms. The lowest BCUT2D eigenvalue weighted by molar-refractivity contribution is -0.151. The van der Waals surface area contributed by atoms with Crippen LogP contribution in [0.2, 0.25) is 0 Å². The molecule has 0 aromatic heterocycles. The summed E-state index contributed by atoms with van der Waals surface area (Å²) < 4.78 is 10.2. The first kappa shape index (κ1) is 17.2. The van der Waals surface area contributed by atoms with Gasteiger partial charge >= 0.3 is 12.1 Å². The van der Waals surface area contributed by atoms with Crippen LogP contribution in [0.3, 0.4) is 0 Å². The Morgan fingerprint density at radius 2 is 2.05 bits per heavy atom. The molecule has 0 bridgehead atoms. The van der Waals surface area contributed by atoms with Crippen molar-refractivity contribution in [3.05, 3.63) is 12.7 Å². The number of carbonyl (C=O) groups excluding carboxylic acids is 3. The van der Waals surface area contributed by atoms with Gasteiger partial charge in [0.15, 0.2) is 0 Å². The number of ether oxygens (including phenoxy) is 2. The SMILES string of the molecule is C=CC[C@H]1C[C@@H](C(=O)OCC)N(C(=O)OC(C)(C)C)C1=O. The molecule has 1 aliphatic rings. The number of imide groups is 1. The topological polar surface area (TPSA) is 72.9 Å². The Hall–Kier alpha value is -1.85. The van der Waals surface area contributed by atoms with Gasteiger partial charge in [-0.15, -0.1) is 6.58 Å². The third-order valence-electron chi connectivity index (χ3n) is 3.01. The highest BCUT2D eigenvalue weighted by Crippen LogP contribution is 2.30. The molecule has 6 heteroatoms. The van der Waals surface area contributed by atoms with Crippen molar-refractivity contribution in [3.63, 3.8) is 0 Å². The zero-order valence-electron chi connectivity index (χ0n) is 13.0. The van der Waals surface area contributed by atoms with E-state index in [1.807, 2.05) is 0 Å². The smallest absolute Gasteiger partial charge is 0.417 e. The minimum atomic E-state index is -0.919. The second-order valence-corrected chi connectivity index (χ2v) is 5.91. The molecule has 0 saturated carbocycles. The molecule has 118 valence electrons. The molecular formula is C15H23NO5. The van der Waals surface area contributed by atoms with Gasteiger partial charge in [-0.25, -0.2) is 14.5 Å². The molecule has 0 aliphatic carbocycles. The van der Waals surface area contributed by atoms with Gasteiger partial charge in [0.2, 0.25) is 5.91 Å². The second kappa shape index (κ2) is 6.74. The highest BCUT2D eigenvalue weighted by Gasteiger charge is 2.48. The van der Waals surface area contributed by atoms with E-state index in [0.717, 1.165) is 4.90 Å². The Morgan fingerprint density at radius 3 is 2.52 bits per heavy atom. The Balaban J connectivity index is 2.97. The van der Waals surface area contributed by atoms with Crippen LogP contribution in [0.4, 0.5) is 4.79 Å². The van der Waals surface area contributed by atoms with Gasteiger partial charge in [0.1, 0.15) is 11.6 Å². The number of hydrogen-bond acceptors (Lipinski definition) is 5. The fourth-order valence-electron chi connectivity index (χ4n) is 2.19. The zero-order valence-corrected chi connectivity index (χ0v) is 13.0. The van der Waals surface area contributed by atoms with Gasteiger partial charge in [-0.3, -0.25) is 4.79 Å². The Labute approximate surface area is 125 Å². The second-order valence-electron chi connectivity index (χ2n) is 5.91. The van der Waals surface area contributed by atoms with Gasteiger partial charge in [-0.1, -0.05) is 6.08 Å². The molecule has 2 amide bonds. The molecule has 0 aromatic carbocycles. The fraction of sp³-hybridized carbons (Fsp3) is 0.667. The number of rotatable bonds is 4. The summed E-state index contributed by atoms with van der Waals surface area (Å²) in [6.45, 7) is 10.6. The summed E-state index contributed by atoms with van der Waals surface area (Å²) in [5.74, 6) is -1.44. The third kappa shape index (κ3) is 4.31. The van der Waals surface area contributed by atoms with Crippen molar-refractivity contribution in [2.45, 2.75) is 52.2 Å². The lowest BCUT2D eigenvalue weighted by Gasteiger charge is -2.26. The van der Waals surface area contributed by atoms with E-state index in [1.54, 1.807) is 33.8 Å². The minimum Gasteiger partial charge on any atom is -0.464 e. The zero-order chi connectivity index (χ0) is 16.2. The van der Waals surface area contributed by atoms with E-state index in [2.05, 4.69) is 6.58 Å².